The molecule has 136 valence electrons. The number of non-ortho nitro benzene ring substituents is 1. The number of thiocarbonyl (C=S) groups is 1. The molecule has 0 spiro atoms. The molecule has 0 N–H and O–H groups in total. The first kappa shape index (κ1) is 17.4. The van der Waals surface area contributed by atoms with E-state index >= 15 is 0 Å². The lowest BCUT2D eigenvalue weighted by atomic mass is 10.1. The maximum absolute atomic E-state index is 11.0. The Morgan fingerprint density at radius 1 is 0.926 bits per heavy atom. The highest BCUT2D eigenvalue weighted by molar-refractivity contribution is 7.80. The van der Waals surface area contributed by atoms with Crippen LogP contribution in [0.1, 0.15) is 5.56 Å². The predicted molar refractivity (Wildman–Crippen MR) is 113 cm³/mol. The normalized spacial score (nSPS) is 14.4. The third kappa shape index (κ3) is 3.48. The summed E-state index contributed by atoms with van der Waals surface area (Å²) < 4.78 is 0. The van der Waals surface area contributed by atoms with E-state index in [1.54, 1.807) is 12.1 Å². The third-order valence-electron chi connectivity index (χ3n) is 4.98. The van der Waals surface area contributed by atoms with Gasteiger partial charge in [-0.2, -0.15) is 0 Å². The lowest BCUT2D eigenvalue weighted by molar-refractivity contribution is -0.384. The van der Waals surface area contributed by atoms with Gasteiger partial charge in [0.05, 0.1) is 4.92 Å². The molecule has 1 saturated heterocycles. The second kappa shape index (κ2) is 7.32. The quantitative estimate of drug-likeness (QED) is 0.388. The van der Waals surface area contributed by atoms with E-state index < -0.39 is 0 Å². The van der Waals surface area contributed by atoms with Crippen LogP contribution in [-0.2, 0) is 0 Å². The Morgan fingerprint density at radius 3 is 2.41 bits per heavy atom. The molecule has 0 aromatic heterocycles. The van der Waals surface area contributed by atoms with E-state index in [4.69, 9.17) is 12.2 Å². The van der Waals surface area contributed by atoms with Crippen LogP contribution < -0.4 is 4.90 Å². The molecule has 0 aliphatic carbocycles. The molecule has 5 nitrogen and oxygen atoms in total. The highest BCUT2D eigenvalue weighted by atomic mass is 32.1. The Bertz CT molecular complexity index is 1010. The van der Waals surface area contributed by atoms with Crippen molar-refractivity contribution in [3.63, 3.8) is 0 Å². The van der Waals surface area contributed by atoms with Crippen LogP contribution in [0.3, 0.4) is 0 Å². The van der Waals surface area contributed by atoms with Crippen molar-refractivity contribution < 1.29 is 4.92 Å². The SMILES string of the molecule is O=[N+]([O-])c1cccc(C(=S)N2CCN(c3cccc4ccccc34)CC2)c1. The van der Waals surface area contributed by atoms with Crippen LogP contribution >= 0.6 is 12.2 Å². The molecular formula is C21H19N3O2S. The van der Waals surface area contributed by atoms with E-state index in [9.17, 15) is 10.1 Å². The number of nitrogens with zero attached hydrogens (tertiary/aromatic N) is 3. The number of nitro groups is 1. The summed E-state index contributed by atoms with van der Waals surface area (Å²) in [5.41, 5.74) is 2.05. The fourth-order valence-electron chi connectivity index (χ4n) is 3.57. The van der Waals surface area contributed by atoms with Gasteiger partial charge in [-0.3, -0.25) is 10.1 Å². The van der Waals surface area contributed by atoms with Crippen molar-refractivity contribution in [3.05, 3.63) is 82.4 Å². The number of benzene rings is 3. The van der Waals surface area contributed by atoms with Gasteiger partial charge in [-0.15, -0.1) is 0 Å². The Hall–Kier alpha value is -2.99. The summed E-state index contributed by atoms with van der Waals surface area (Å²) in [6.45, 7) is 3.32. The van der Waals surface area contributed by atoms with Crippen molar-refractivity contribution in [2.45, 2.75) is 0 Å². The van der Waals surface area contributed by atoms with Crippen molar-refractivity contribution in [2.75, 3.05) is 31.1 Å². The summed E-state index contributed by atoms with van der Waals surface area (Å²) in [5.74, 6) is 0. The minimum absolute atomic E-state index is 0.0734. The average Bonchev–Trinajstić information content (AvgIpc) is 2.73. The summed E-state index contributed by atoms with van der Waals surface area (Å²) in [5, 5.41) is 13.5. The maximum Gasteiger partial charge on any atom is 0.270 e. The number of hydrogen-bond acceptors (Lipinski definition) is 4. The van der Waals surface area contributed by atoms with Crippen LogP contribution in [-0.4, -0.2) is 41.0 Å². The van der Waals surface area contributed by atoms with Crippen molar-refractivity contribution in [1.82, 2.24) is 4.90 Å². The molecule has 4 rings (SSSR count). The molecule has 0 atom stereocenters. The van der Waals surface area contributed by atoms with Gasteiger partial charge < -0.3 is 9.80 Å². The minimum Gasteiger partial charge on any atom is -0.367 e. The smallest absolute Gasteiger partial charge is 0.270 e. The lowest BCUT2D eigenvalue weighted by Gasteiger charge is -2.38. The maximum atomic E-state index is 11.0. The van der Waals surface area contributed by atoms with Crippen molar-refractivity contribution in [2.24, 2.45) is 0 Å². The average molecular weight is 377 g/mol. The summed E-state index contributed by atoms with van der Waals surface area (Å²) in [7, 11) is 0. The number of fused-ring (bicyclic) bond motifs is 1. The largest absolute Gasteiger partial charge is 0.367 e. The van der Waals surface area contributed by atoms with Gasteiger partial charge in [-0.25, -0.2) is 0 Å². The third-order valence-corrected chi connectivity index (χ3v) is 5.47. The van der Waals surface area contributed by atoms with Crippen LogP contribution in [0, 0.1) is 10.1 Å². The van der Waals surface area contributed by atoms with E-state index in [1.165, 1.54) is 22.5 Å². The number of hydrogen-bond donors (Lipinski definition) is 0. The molecule has 0 saturated carbocycles. The van der Waals surface area contributed by atoms with E-state index in [2.05, 4.69) is 52.3 Å². The molecule has 3 aromatic rings. The summed E-state index contributed by atoms with van der Waals surface area (Å²) in [6.07, 6.45) is 0. The van der Waals surface area contributed by atoms with Crippen LogP contribution in [0.5, 0.6) is 0 Å². The van der Waals surface area contributed by atoms with Crippen molar-refractivity contribution in [1.29, 1.82) is 0 Å². The van der Waals surface area contributed by atoms with Crippen molar-refractivity contribution in [3.8, 4) is 0 Å². The second-order valence-corrected chi connectivity index (χ2v) is 6.97. The number of rotatable bonds is 3. The van der Waals surface area contributed by atoms with Crippen LogP contribution in [0.2, 0.25) is 0 Å². The topological polar surface area (TPSA) is 49.6 Å². The zero-order valence-electron chi connectivity index (χ0n) is 14.7. The zero-order chi connectivity index (χ0) is 18.8. The van der Waals surface area contributed by atoms with Crippen LogP contribution in [0.4, 0.5) is 11.4 Å². The molecule has 6 heteroatoms. The molecular weight excluding hydrogens is 358 g/mol. The van der Waals surface area contributed by atoms with Gasteiger partial charge in [0.1, 0.15) is 4.99 Å². The summed E-state index contributed by atoms with van der Waals surface area (Å²) in [6, 6.07) is 21.4. The Kier molecular flexibility index (Phi) is 4.73. The first-order chi connectivity index (χ1) is 13.1. The number of anilines is 1. The molecule has 1 aliphatic rings. The first-order valence-electron chi connectivity index (χ1n) is 8.90. The molecule has 0 radical (unpaired) electrons. The predicted octanol–water partition coefficient (Wildman–Crippen LogP) is 4.25. The fraction of sp³-hybridized carbons (Fsp3) is 0.190. The van der Waals surface area contributed by atoms with E-state index in [0.717, 1.165) is 31.7 Å². The minimum atomic E-state index is -0.384. The van der Waals surface area contributed by atoms with E-state index in [1.807, 2.05) is 6.07 Å². The highest BCUT2D eigenvalue weighted by Gasteiger charge is 2.21. The Labute approximate surface area is 163 Å². The van der Waals surface area contributed by atoms with Crippen LogP contribution in [0.25, 0.3) is 10.8 Å². The van der Waals surface area contributed by atoms with Gasteiger partial charge in [0.15, 0.2) is 0 Å². The molecule has 1 aliphatic heterocycles. The molecule has 0 amide bonds. The second-order valence-electron chi connectivity index (χ2n) is 6.58. The van der Waals surface area contributed by atoms with Gasteiger partial charge in [0, 0.05) is 54.9 Å². The Balaban J connectivity index is 1.49. The van der Waals surface area contributed by atoms with Gasteiger partial charge in [0.2, 0.25) is 0 Å². The van der Waals surface area contributed by atoms with Gasteiger partial charge in [-0.1, -0.05) is 60.7 Å². The molecule has 3 aromatic carbocycles. The zero-order valence-corrected chi connectivity index (χ0v) is 15.6. The van der Waals surface area contributed by atoms with E-state index in [0.29, 0.717) is 4.99 Å². The van der Waals surface area contributed by atoms with Gasteiger partial charge in [-0.05, 0) is 11.5 Å². The van der Waals surface area contributed by atoms with E-state index in [-0.39, 0.29) is 10.6 Å². The van der Waals surface area contributed by atoms with Gasteiger partial charge in [0.25, 0.3) is 5.69 Å². The Morgan fingerprint density at radius 2 is 1.63 bits per heavy atom. The number of nitro benzene ring substituents is 1. The van der Waals surface area contributed by atoms with Crippen LogP contribution in [0.15, 0.2) is 66.7 Å². The molecule has 0 bridgehead atoms. The highest BCUT2D eigenvalue weighted by Crippen LogP contribution is 2.28. The summed E-state index contributed by atoms with van der Waals surface area (Å²) in [4.78, 5) is 15.8. The van der Waals surface area contributed by atoms with Crippen molar-refractivity contribution >= 4 is 39.4 Å². The monoisotopic (exact) mass is 377 g/mol. The molecule has 0 unspecified atom stereocenters. The lowest BCUT2D eigenvalue weighted by Crippen LogP contribution is -2.48. The van der Waals surface area contributed by atoms with Gasteiger partial charge >= 0.3 is 0 Å². The standard InChI is InChI=1S/C21H19N3O2S/c25-24(26)18-8-3-7-17(15-18)21(27)23-13-11-22(12-14-23)20-10-4-6-16-5-1-2-9-19(16)20/h1-10,15H,11-14H2. The fourth-order valence-corrected chi connectivity index (χ4v) is 3.88. The molecule has 1 fully saturated rings. The first-order valence-corrected chi connectivity index (χ1v) is 9.31. The number of piperazine rings is 1. The summed E-state index contributed by atoms with van der Waals surface area (Å²) >= 11 is 5.60. The molecule has 1 heterocycles. The molecule has 27 heavy (non-hydrogen) atoms.